The van der Waals surface area contributed by atoms with E-state index in [1.54, 1.807) is 0 Å². The third-order valence-electron chi connectivity index (χ3n) is 6.01. The second-order valence-electron chi connectivity index (χ2n) is 7.35. The fourth-order valence-corrected chi connectivity index (χ4v) is 4.33. The lowest BCUT2D eigenvalue weighted by molar-refractivity contribution is -0.384. The molecule has 7 heteroatoms. The van der Waals surface area contributed by atoms with Crippen LogP contribution in [-0.4, -0.2) is 30.5 Å². The SMILES string of the molecule is N#Cc1ccc([N+](=O)[O-])cc1NCC1CC2(CCC13CC3)OCCO2. The minimum Gasteiger partial charge on any atom is -0.383 e. The number of nitrogens with one attached hydrogen (secondary N) is 1. The van der Waals surface area contributed by atoms with Crippen molar-refractivity contribution in [1.29, 1.82) is 5.26 Å². The smallest absolute Gasteiger partial charge is 0.271 e. The number of benzene rings is 1. The van der Waals surface area contributed by atoms with Crippen molar-refractivity contribution in [3.8, 4) is 6.07 Å². The van der Waals surface area contributed by atoms with Gasteiger partial charge in [0.2, 0.25) is 0 Å². The molecule has 1 N–H and O–H groups in total. The van der Waals surface area contributed by atoms with E-state index in [1.165, 1.54) is 31.0 Å². The van der Waals surface area contributed by atoms with Crippen molar-refractivity contribution in [1.82, 2.24) is 0 Å². The van der Waals surface area contributed by atoms with Crippen LogP contribution in [0.1, 0.15) is 37.7 Å². The molecule has 1 aliphatic heterocycles. The van der Waals surface area contributed by atoms with E-state index in [2.05, 4.69) is 11.4 Å². The maximum absolute atomic E-state index is 11.0. The number of anilines is 1. The third kappa shape index (κ3) is 2.96. The number of ether oxygens (including phenoxy) is 2. The van der Waals surface area contributed by atoms with Crippen molar-refractivity contribution in [2.24, 2.45) is 11.3 Å². The van der Waals surface area contributed by atoms with Gasteiger partial charge in [0.05, 0.1) is 29.4 Å². The van der Waals surface area contributed by atoms with E-state index >= 15 is 0 Å². The molecule has 1 aromatic carbocycles. The number of non-ortho nitro benzene ring substituents is 1. The van der Waals surface area contributed by atoms with E-state index in [0.717, 1.165) is 19.3 Å². The highest BCUT2D eigenvalue weighted by atomic mass is 16.7. The first kappa shape index (κ1) is 16.3. The number of nitro benzene ring substituents is 1. The van der Waals surface area contributed by atoms with Crippen LogP contribution in [0.4, 0.5) is 11.4 Å². The van der Waals surface area contributed by atoms with Gasteiger partial charge in [-0.3, -0.25) is 10.1 Å². The van der Waals surface area contributed by atoms with E-state index in [9.17, 15) is 15.4 Å². The van der Waals surface area contributed by atoms with Crippen molar-refractivity contribution < 1.29 is 14.4 Å². The van der Waals surface area contributed by atoms with Crippen molar-refractivity contribution >= 4 is 11.4 Å². The summed E-state index contributed by atoms with van der Waals surface area (Å²) in [6, 6.07) is 6.41. The number of rotatable bonds is 4. The molecule has 1 heterocycles. The lowest BCUT2D eigenvalue weighted by Crippen LogP contribution is -2.43. The fourth-order valence-electron chi connectivity index (χ4n) is 4.33. The summed E-state index contributed by atoms with van der Waals surface area (Å²) in [6.07, 6.45) is 5.32. The zero-order valence-corrected chi connectivity index (χ0v) is 14.0. The van der Waals surface area contributed by atoms with E-state index in [-0.39, 0.29) is 5.69 Å². The molecule has 25 heavy (non-hydrogen) atoms. The van der Waals surface area contributed by atoms with E-state index in [4.69, 9.17) is 9.47 Å². The van der Waals surface area contributed by atoms with Crippen molar-refractivity contribution in [3.63, 3.8) is 0 Å². The van der Waals surface area contributed by atoms with Crippen molar-refractivity contribution in [2.45, 2.75) is 37.9 Å². The standard InChI is InChI=1S/C18H21N3O4/c19-11-13-1-2-15(21(22)23)9-16(13)20-12-14-10-18(24-7-8-25-18)6-5-17(14)3-4-17/h1-2,9,14,20H,3-8,10,12H2. The molecule has 2 saturated carbocycles. The topological polar surface area (TPSA) is 97.4 Å². The van der Waals surface area contributed by atoms with Crippen LogP contribution in [0.5, 0.6) is 0 Å². The number of hydrogen-bond acceptors (Lipinski definition) is 6. The average molecular weight is 343 g/mol. The van der Waals surface area contributed by atoms with Gasteiger partial charge >= 0.3 is 0 Å². The molecule has 0 aromatic heterocycles. The normalized spacial score (nSPS) is 25.6. The molecule has 4 rings (SSSR count). The summed E-state index contributed by atoms with van der Waals surface area (Å²) in [5, 5.41) is 23.6. The summed E-state index contributed by atoms with van der Waals surface area (Å²) < 4.78 is 11.8. The predicted molar refractivity (Wildman–Crippen MR) is 89.9 cm³/mol. The van der Waals surface area contributed by atoms with Gasteiger partial charge < -0.3 is 14.8 Å². The Hall–Kier alpha value is -2.17. The van der Waals surface area contributed by atoms with Gasteiger partial charge in [-0.1, -0.05) is 0 Å². The highest BCUT2D eigenvalue weighted by Crippen LogP contribution is 2.62. The number of nitrogens with zero attached hydrogens (tertiary/aromatic N) is 2. The van der Waals surface area contributed by atoms with Gasteiger partial charge in [-0.05, 0) is 36.7 Å². The van der Waals surface area contributed by atoms with Gasteiger partial charge in [0.1, 0.15) is 6.07 Å². The Morgan fingerprint density at radius 2 is 2.00 bits per heavy atom. The molecule has 2 aliphatic carbocycles. The number of nitriles is 1. The second kappa shape index (κ2) is 5.97. The van der Waals surface area contributed by atoms with Gasteiger partial charge in [0, 0.05) is 31.5 Å². The quantitative estimate of drug-likeness (QED) is 0.666. The highest BCUT2D eigenvalue weighted by molar-refractivity contribution is 5.62. The molecule has 0 amide bonds. The Morgan fingerprint density at radius 3 is 2.64 bits per heavy atom. The van der Waals surface area contributed by atoms with Gasteiger partial charge in [-0.2, -0.15) is 5.26 Å². The zero-order chi connectivity index (χ0) is 17.5. The number of hydrogen-bond donors (Lipinski definition) is 1. The Labute approximate surface area is 146 Å². The van der Waals surface area contributed by atoms with Crippen LogP contribution in [0, 0.1) is 32.8 Å². The lowest BCUT2D eigenvalue weighted by atomic mass is 9.73. The average Bonchev–Trinajstić information content (AvgIpc) is 3.27. The van der Waals surface area contributed by atoms with Gasteiger partial charge in [0.15, 0.2) is 5.79 Å². The summed E-state index contributed by atoms with van der Waals surface area (Å²) in [5.74, 6) is -0.0637. The summed E-state index contributed by atoms with van der Waals surface area (Å²) in [5.41, 5.74) is 1.29. The first-order valence-electron chi connectivity index (χ1n) is 8.76. The van der Waals surface area contributed by atoms with Crippen LogP contribution < -0.4 is 5.32 Å². The third-order valence-corrected chi connectivity index (χ3v) is 6.01. The monoisotopic (exact) mass is 343 g/mol. The lowest BCUT2D eigenvalue weighted by Gasteiger charge is -2.42. The Kier molecular flexibility index (Phi) is 3.89. The summed E-state index contributed by atoms with van der Waals surface area (Å²) in [7, 11) is 0. The van der Waals surface area contributed by atoms with Crippen LogP contribution in [0.3, 0.4) is 0 Å². The predicted octanol–water partition coefficient (Wildman–Crippen LogP) is 3.20. The first-order chi connectivity index (χ1) is 12.1. The molecule has 3 fully saturated rings. The van der Waals surface area contributed by atoms with Crippen LogP contribution >= 0.6 is 0 Å². The van der Waals surface area contributed by atoms with E-state index < -0.39 is 10.7 Å². The van der Waals surface area contributed by atoms with Crippen molar-refractivity contribution in [2.75, 3.05) is 25.1 Å². The van der Waals surface area contributed by atoms with Crippen molar-refractivity contribution in [3.05, 3.63) is 33.9 Å². The van der Waals surface area contributed by atoms with Crippen LogP contribution in [0.25, 0.3) is 0 Å². The highest BCUT2D eigenvalue weighted by Gasteiger charge is 2.57. The second-order valence-corrected chi connectivity index (χ2v) is 7.35. The molecular weight excluding hydrogens is 322 g/mol. The molecule has 132 valence electrons. The number of nitro groups is 1. The molecule has 1 saturated heterocycles. The summed E-state index contributed by atoms with van der Waals surface area (Å²) in [4.78, 5) is 10.6. The molecule has 2 spiro atoms. The molecule has 3 aliphatic rings. The fraction of sp³-hybridized carbons (Fsp3) is 0.611. The Balaban J connectivity index is 1.51. The molecule has 0 radical (unpaired) electrons. The summed E-state index contributed by atoms with van der Waals surface area (Å²) in [6.45, 7) is 1.97. The molecule has 0 bridgehead atoms. The maximum atomic E-state index is 11.0. The van der Waals surface area contributed by atoms with Gasteiger partial charge in [0.25, 0.3) is 5.69 Å². The summed E-state index contributed by atoms with van der Waals surface area (Å²) >= 11 is 0. The largest absolute Gasteiger partial charge is 0.383 e. The molecule has 1 unspecified atom stereocenters. The van der Waals surface area contributed by atoms with Crippen LogP contribution in [-0.2, 0) is 9.47 Å². The van der Waals surface area contributed by atoms with Gasteiger partial charge in [-0.15, -0.1) is 0 Å². The Morgan fingerprint density at radius 1 is 1.28 bits per heavy atom. The van der Waals surface area contributed by atoms with Crippen LogP contribution in [0.15, 0.2) is 18.2 Å². The Bertz CT molecular complexity index is 732. The first-order valence-corrected chi connectivity index (χ1v) is 8.76. The molecule has 7 nitrogen and oxygen atoms in total. The molecule has 1 aromatic rings. The minimum absolute atomic E-state index is 0.00907. The minimum atomic E-state index is -0.444. The van der Waals surface area contributed by atoms with Gasteiger partial charge in [-0.25, -0.2) is 0 Å². The van der Waals surface area contributed by atoms with Crippen LogP contribution in [0.2, 0.25) is 0 Å². The molecular formula is C18H21N3O4. The van der Waals surface area contributed by atoms with E-state index in [1.807, 2.05) is 0 Å². The molecule has 1 atom stereocenters. The maximum Gasteiger partial charge on any atom is 0.271 e. The van der Waals surface area contributed by atoms with E-state index in [0.29, 0.717) is 42.3 Å². The zero-order valence-electron chi connectivity index (χ0n) is 14.0.